The number of hydrogen-bond acceptors (Lipinski definition) is 4. The van der Waals surface area contributed by atoms with Crippen LogP contribution in [-0.4, -0.2) is 34.9 Å². The molecular weight excluding hydrogens is 324 g/mol. The van der Waals surface area contributed by atoms with Gasteiger partial charge in [0, 0.05) is 41.6 Å². The van der Waals surface area contributed by atoms with Crippen LogP contribution in [0, 0.1) is 0 Å². The van der Waals surface area contributed by atoms with Gasteiger partial charge in [-0.2, -0.15) is 9.61 Å². The number of nitrogens with zero attached hydrogens (tertiary/aromatic N) is 3. The molecule has 0 spiro atoms. The van der Waals surface area contributed by atoms with Gasteiger partial charge in [0.25, 0.3) is 0 Å². The van der Waals surface area contributed by atoms with Crippen LogP contribution in [0.15, 0.2) is 30.3 Å². The molecule has 2 aromatic heterocycles. The van der Waals surface area contributed by atoms with E-state index in [-0.39, 0.29) is 0 Å². The molecule has 2 heterocycles. The summed E-state index contributed by atoms with van der Waals surface area (Å²) < 4.78 is 7.08. The highest BCUT2D eigenvalue weighted by molar-refractivity contribution is 6.30. The summed E-state index contributed by atoms with van der Waals surface area (Å²) in [7, 11) is 1.71. The normalized spacial score (nSPS) is 13.4. The summed E-state index contributed by atoms with van der Waals surface area (Å²) >= 11 is 5.98. The largest absolute Gasteiger partial charge is 0.383 e. The first-order valence-corrected chi connectivity index (χ1v) is 8.54. The lowest BCUT2D eigenvalue weighted by atomic mass is 10.1. The smallest absolute Gasteiger partial charge is 0.158 e. The minimum Gasteiger partial charge on any atom is -0.383 e. The Morgan fingerprint density at radius 2 is 2.08 bits per heavy atom. The number of ether oxygens (including phenoxy) is 1. The molecule has 0 atom stereocenters. The summed E-state index contributed by atoms with van der Waals surface area (Å²) in [6.45, 7) is 1.40. The number of rotatable bonds is 5. The molecule has 4 rings (SSSR count). The maximum atomic E-state index is 5.98. The van der Waals surface area contributed by atoms with E-state index in [0.29, 0.717) is 6.61 Å². The summed E-state index contributed by atoms with van der Waals surface area (Å²) in [5, 5.41) is 8.98. The van der Waals surface area contributed by atoms with Crippen LogP contribution in [0.2, 0.25) is 5.02 Å². The number of benzene rings is 1. The number of aryl methyl sites for hydroxylation is 1. The number of anilines is 1. The molecular formula is C18H19ClN4O. The third-order valence-electron chi connectivity index (χ3n) is 4.37. The Kier molecular flexibility index (Phi) is 4.12. The molecule has 1 aliphatic rings. The van der Waals surface area contributed by atoms with Crippen molar-refractivity contribution in [1.82, 2.24) is 14.6 Å². The Hall–Kier alpha value is -2.11. The van der Waals surface area contributed by atoms with Crippen LogP contribution in [-0.2, 0) is 17.6 Å². The first-order chi connectivity index (χ1) is 11.8. The highest BCUT2D eigenvalue weighted by atomic mass is 35.5. The lowest BCUT2D eigenvalue weighted by Crippen LogP contribution is -2.14. The zero-order chi connectivity index (χ0) is 16.5. The van der Waals surface area contributed by atoms with Crippen LogP contribution in [0.3, 0.4) is 0 Å². The summed E-state index contributed by atoms with van der Waals surface area (Å²) in [5.41, 5.74) is 5.28. The van der Waals surface area contributed by atoms with Crippen LogP contribution in [0.1, 0.15) is 17.7 Å². The maximum Gasteiger partial charge on any atom is 0.158 e. The van der Waals surface area contributed by atoms with Crippen molar-refractivity contribution in [3.05, 3.63) is 46.6 Å². The molecule has 124 valence electrons. The highest BCUT2D eigenvalue weighted by Crippen LogP contribution is 2.30. The average molecular weight is 343 g/mol. The predicted molar refractivity (Wildman–Crippen MR) is 95.8 cm³/mol. The van der Waals surface area contributed by atoms with Crippen molar-refractivity contribution in [3.8, 4) is 11.3 Å². The molecule has 1 aromatic carbocycles. The molecule has 0 aliphatic heterocycles. The Bertz CT molecular complexity index is 873. The molecule has 0 amide bonds. The zero-order valence-electron chi connectivity index (χ0n) is 13.6. The van der Waals surface area contributed by atoms with Crippen LogP contribution in [0.5, 0.6) is 0 Å². The molecule has 0 unspecified atom stereocenters. The van der Waals surface area contributed by atoms with Gasteiger partial charge in [-0.15, -0.1) is 0 Å². The fourth-order valence-electron chi connectivity index (χ4n) is 3.20. The quantitative estimate of drug-likeness (QED) is 0.720. The molecule has 1 N–H and O–H groups in total. The molecule has 6 heteroatoms. The standard InChI is InChI=1S/C18H19ClN4O/c1-24-10-9-20-18-14-3-2-4-15(14)21-17-11-16(22-23(17)18)12-5-7-13(19)8-6-12/h5-8,11,20H,2-4,9-10H2,1H3. The Morgan fingerprint density at radius 1 is 1.25 bits per heavy atom. The van der Waals surface area contributed by atoms with E-state index in [0.717, 1.165) is 53.6 Å². The topological polar surface area (TPSA) is 51.5 Å². The maximum absolute atomic E-state index is 5.98. The SMILES string of the molecule is COCCNc1c2c(nc3cc(-c4ccc(Cl)cc4)nn13)CCC2. The van der Waals surface area contributed by atoms with Gasteiger partial charge in [-0.05, 0) is 31.4 Å². The van der Waals surface area contributed by atoms with Gasteiger partial charge in [0.05, 0.1) is 12.3 Å². The van der Waals surface area contributed by atoms with Gasteiger partial charge in [0.1, 0.15) is 5.82 Å². The third kappa shape index (κ3) is 2.74. The number of halogens is 1. The van der Waals surface area contributed by atoms with E-state index in [1.54, 1.807) is 7.11 Å². The van der Waals surface area contributed by atoms with Crippen molar-refractivity contribution < 1.29 is 4.74 Å². The second kappa shape index (κ2) is 6.42. The van der Waals surface area contributed by atoms with Crippen molar-refractivity contribution in [2.45, 2.75) is 19.3 Å². The summed E-state index contributed by atoms with van der Waals surface area (Å²) in [4.78, 5) is 4.81. The van der Waals surface area contributed by atoms with Crippen LogP contribution >= 0.6 is 11.6 Å². The fourth-order valence-corrected chi connectivity index (χ4v) is 3.33. The molecule has 1 aliphatic carbocycles. The summed E-state index contributed by atoms with van der Waals surface area (Å²) in [5.74, 6) is 1.05. The Morgan fingerprint density at radius 3 is 2.88 bits per heavy atom. The van der Waals surface area contributed by atoms with Crippen molar-refractivity contribution in [3.63, 3.8) is 0 Å². The highest BCUT2D eigenvalue weighted by Gasteiger charge is 2.21. The molecule has 24 heavy (non-hydrogen) atoms. The van der Waals surface area contributed by atoms with E-state index in [9.17, 15) is 0 Å². The molecule has 5 nitrogen and oxygen atoms in total. The number of methoxy groups -OCH3 is 1. The van der Waals surface area contributed by atoms with Crippen LogP contribution < -0.4 is 5.32 Å². The lowest BCUT2D eigenvalue weighted by Gasteiger charge is -2.12. The number of hydrogen-bond donors (Lipinski definition) is 1. The molecule has 0 fully saturated rings. The first-order valence-electron chi connectivity index (χ1n) is 8.16. The average Bonchev–Trinajstić information content (AvgIpc) is 3.21. The summed E-state index contributed by atoms with van der Waals surface area (Å²) in [6.07, 6.45) is 3.23. The number of aromatic nitrogens is 3. The minimum absolute atomic E-state index is 0.657. The van der Waals surface area contributed by atoms with E-state index in [2.05, 4.69) is 5.32 Å². The zero-order valence-corrected chi connectivity index (χ0v) is 14.3. The van der Waals surface area contributed by atoms with Gasteiger partial charge in [-0.25, -0.2) is 4.98 Å². The van der Waals surface area contributed by atoms with E-state index in [1.807, 2.05) is 34.8 Å². The van der Waals surface area contributed by atoms with Crippen molar-refractivity contribution in [2.75, 3.05) is 25.6 Å². The molecule has 0 bridgehead atoms. The van der Waals surface area contributed by atoms with E-state index >= 15 is 0 Å². The number of nitrogens with one attached hydrogen (secondary N) is 1. The lowest BCUT2D eigenvalue weighted by molar-refractivity contribution is 0.210. The second-order valence-corrected chi connectivity index (χ2v) is 6.40. The Balaban J connectivity index is 1.80. The Labute approximate surface area is 145 Å². The van der Waals surface area contributed by atoms with E-state index < -0.39 is 0 Å². The van der Waals surface area contributed by atoms with E-state index in [4.69, 9.17) is 26.4 Å². The van der Waals surface area contributed by atoms with Gasteiger partial charge in [0.2, 0.25) is 0 Å². The van der Waals surface area contributed by atoms with Gasteiger partial charge in [-0.3, -0.25) is 0 Å². The monoisotopic (exact) mass is 342 g/mol. The molecule has 0 saturated heterocycles. The van der Waals surface area contributed by atoms with Crippen molar-refractivity contribution in [2.24, 2.45) is 0 Å². The van der Waals surface area contributed by atoms with Gasteiger partial charge >= 0.3 is 0 Å². The van der Waals surface area contributed by atoms with Gasteiger partial charge in [-0.1, -0.05) is 23.7 Å². The predicted octanol–water partition coefficient (Wildman–Crippen LogP) is 3.60. The van der Waals surface area contributed by atoms with Crippen molar-refractivity contribution >= 4 is 23.1 Å². The van der Waals surface area contributed by atoms with Crippen molar-refractivity contribution in [1.29, 1.82) is 0 Å². The van der Waals surface area contributed by atoms with Crippen LogP contribution in [0.25, 0.3) is 16.9 Å². The number of fused-ring (bicyclic) bond motifs is 2. The van der Waals surface area contributed by atoms with Gasteiger partial charge < -0.3 is 10.1 Å². The van der Waals surface area contributed by atoms with Crippen LogP contribution in [0.4, 0.5) is 5.82 Å². The molecule has 3 aromatic rings. The van der Waals surface area contributed by atoms with Gasteiger partial charge in [0.15, 0.2) is 5.65 Å². The molecule has 0 saturated carbocycles. The second-order valence-electron chi connectivity index (χ2n) is 5.97. The first kappa shape index (κ1) is 15.4. The fraction of sp³-hybridized carbons (Fsp3) is 0.333. The summed E-state index contributed by atoms with van der Waals surface area (Å²) in [6, 6.07) is 9.76. The molecule has 0 radical (unpaired) electrons. The third-order valence-corrected chi connectivity index (χ3v) is 4.62. The van der Waals surface area contributed by atoms with E-state index in [1.165, 1.54) is 11.3 Å². The minimum atomic E-state index is 0.657.